The van der Waals surface area contributed by atoms with Crippen LogP contribution in [0, 0.1) is 0 Å². The van der Waals surface area contributed by atoms with Crippen LogP contribution in [0.5, 0.6) is 0 Å². The molecule has 126 valence electrons. The van der Waals surface area contributed by atoms with Gasteiger partial charge >= 0.3 is 0 Å². The molecular formula is C19H21NO3S. The fourth-order valence-corrected chi connectivity index (χ4v) is 5.01. The highest BCUT2D eigenvalue weighted by atomic mass is 32.2. The van der Waals surface area contributed by atoms with Gasteiger partial charge in [-0.3, -0.25) is 4.79 Å². The number of rotatable bonds is 4. The van der Waals surface area contributed by atoms with Crippen LogP contribution in [0.4, 0.5) is 0 Å². The van der Waals surface area contributed by atoms with Crippen molar-refractivity contribution in [1.82, 2.24) is 4.90 Å². The number of nitrogens with zero attached hydrogens (tertiary/aromatic N) is 1. The third-order valence-corrected chi connectivity index (χ3v) is 6.21. The lowest BCUT2D eigenvalue weighted by Crippen LogP contribution is -2.39. The number of carbonyl (C=O) groups is 1. The molecule has 2 aliphatic heterocycles. The van der Waals surface area contributed by atoms with Crippen molar-refractivity contribution in [3.05, 3.63) is 54.0 Å². The number of aliphatic hydroxyl groups is 1. The van der Waals surface area contributed by atoms with E-state index < -0.39 is 6.10 Å². The van der Waals surface area contributed by atoms with E-state index in [-0.39, 0.29) is 17.9 Å². The zero-order valence-electron chi connectivity index (χ0n) is 13.4. The minimum Gasteiger partial charge on any atom is -0.467 e. The van der Waals surface area contributed by atoms with Gasteiger partial charge < -0.3 is 14.4 Å². The summed E-state index contributed by atoms with van der Waals surface area (Å²) >= 11 is 1.76. The number of carbonyl (C=O) groups excluding carboxylic acids is 1. The van der Waals surface area contributed by atoms with Crippen LogP contribution in [0.1, 0.15) is 42.6 Å². The molecule has 2 aromatic rings. The van der Waals surface area contributed by atoms with Crippen molar-refractivity contribution in [2.45, 2.75) is 42.2 Å². The monoisotopic (exact) mass is 343 g/mol. The summed E-state index contributed by atoms with van der Waals surface area (Å²) in [5.41, 5.74) is 1.16. The van der Waals surface area contributed by atoms with Gasteiger partial charge in [0.25, 0.3) is 0 Å². The Morgan fingerprint density at radius 2 is 2.21 bits per heavy atom. The first-order valence-electron chi connectivity index (χ1n) is 8.47. The first kappa shape index (κ1) is 15.8. The number of hydrogen-bond donors (Lipinski definition) is 1. The van der Waals surface area contributed by atoms with E-state index in [2.05, 4.69) is 12.1 Å². The fraction of sp³-hybridized carbons (Fsp3) is 0.421. The maximum atomic E-state index is 13.1. The number of aliphatic hydroxyl groups excluding tert-OH is 1. The molecule has 0 bridgehead atoms. The Morgan fingerprint density at radius 1 is 1.33 bits per heavy atom. The zero-order chi connectivity index (χ0) is 16.5. The van der Waals surface area contributed by atoms with E-state index >= 15 is 0 Å². The van der Waals surface area contributed by atoms with Gasteiger partial charge in [0.05, 0.1) is 12.2 Å². The van der Waals surface area contributed by atoms with Crippen molar-refractivity contribution in [2.24, 2.45) is 0 Å². The SMILES string of the molecule is O=C([C@@H]1CSc2ccccc21)N1CCC[C@H]1C[C@H](O)c1ccco1. The molecule has 3 heterocycles. The summed E-state index contributed by atoms with van der Waals surface area (Å²) in [4.78, 5) is 16.3. The largest absolute Gasteiger partial charge is 0.467 e. The molecule has 1 saturated heterocycles. The number of hydrogen-bond acceptors (Lipinski definition) is 4. The van der Waals surface area contributed by atoms with Crippen LogP contribution in [0.25, 0.3) is 0 Å². The van der Waals surface area contributed by atoms with Crippen LogP contribution < -0.4 is 0 Å². The molecule has 0 spiro atoms. The van der Waals surface area contributed by atoms with Gasteiger partial charge in [-0.05, 0) is 36.6 Å². The van der Waals surface area contributed by atoms with Gasteiger partial charge in [-0.1, -0.05) is 18.2 Å². The molecule has 1 fully saturated rings. The molecule has 0 radical (unpaired) electrons. The van der Waals surface area contributed by atoms with Crippen LogP contribution >= 0.6 is 11.8 Å². The molecule has 3 atom stereocenters. The summed E-state index contributed by atoms with van der Waals surface area (Å²) < 4.78 is 5.29. The molecule has 1 amide bonds. The van der Waals surface area contributed by atoms with Gasteiger partial charge in [-0.25, -0.2) is 0 Å². The number of thioether (sulfide) groups is 1. The van der Waals surface area contributed by atoms with Crippen molar-refractivity contribution in [1.29, 1.82) is 0 Å². The Kier molecular flexibility index (Phi) is 4.37. The van der Waals surface area contributed by atoms with Crippen LogP contribution in [0.2, 0.25) is 0 Å². The van der Waals surface area contributed by atoms with E-state index in [1.54, 1.807) is 30.2 Å². The second-order valence-electron chi connectivity index (χ2n) is 6.50. The van der Waals surface area contributed by atoms with Crippen molar-refractivity contribution in [3.63, 3.8) is 0 Å². The standard InChI is InChI=1S/C19H21NO3S/c21-16(17-7-4-10-23-17)11-13-5-3-9-20(13)19(22)15-12-24-18-8-2-1-6-14(15)18/h1-2,4,6-8,10,13,15-16,21H,3,5,9,11-12H2/t13-,15+,16-/m0/s1. The van der Waals surface area contributed by atoms with Crippen molar-refractivity contribution < 1.29 is 14.3 Å². The molecule has 1 aromatic carbocycles. The highest BCUT2D eigenvalue weighted by Gasteiger charge is 2.37. The van der Waals surface area contributed by atoms with Crippen LogP contribution in [-0.4, -0.2) is 34.3 Å². The Balaban J connectivity index is 1.48. The van der Waals surface area contributed by atoms with Gasteiger partial charge in [0.1, 0.15) is 11.9 Å². The summed E-state index contributed by atoms with van der Waals surface area (Å²) in [6, 6.07) is 11.9. The molecule has 2 aliphatic rings. The van der Waals surface area contributed by atoms with Crippen LogP contribution in [-0.2, 0) is 4.79 Å². The van der Waals surface area contributed by atoms with Gasteiger partial charge in [0.2, 0.25) is 5.91 Å². The molecule has 5 heteroatoms. The lowest BCUT2D eigenvalue weighted by molar-refractivity contribution is -0.133. The summed E-state index contributed by atoms with van der Waals surface area (Å²) in [6.07, 6.45) is 3.42. The number of fused-ring (bicyclic) bond motifs is 1. The van der Waals surface area contributed by atoms with E-state index in [0.29, 0.717) is 12.2 Å². The lowest BCUT2D eigenvalue weighted by Gasteiger charge is -2.28. The third-order valence-electron chi connectivity index (χ3n) is 5.03. The van der Waals surface area contributed by atoms with Gasteiger partial charge in [0.15, 0.2) is 0 Å². The smallest absolute Gasteiger partial charge is 0.231 e. The molecule has 0 aliphatic carbocycles. The molecule has 4 rings (SSSR count). The average Bonchev–Trinajstić information content (AvgIpc) is 3.34. The number of furan rings is 1. The lowest BCUT2D eigenvalue weighted by atomic mass is 9.98. The predicted octanol–water partition coefficient (Wildman–Crippen LogP) is 3.58. The Hall–Kier alpha value is -1.72. The second-order valence-corrected chi connectivity index (χ2v) is 7.56. The summed E-state index contributed by atoms with van der Waals surface area (Å²) in [5.74, 6) is 1.56. The highest BCUT2D eigenvalue weighted by Crippen LogP contribution is 2.41. The highest BCUT2D eigenvalue weighted by molar-refractivity contribution is 7.99. The molecule has 1 N–H and O–H groups in total. The summed E-state index contributed by atoms with van der Waals surface area (Å²) in [6.45, 7) is 0.789. The Labute approximate surface area is 145 Å². The summed E-state index contributed by atoms with van der Waals surface area (Å²) in [7, 11) is 0. The quantitative estimate of drug-likeness (QED) is 0.922. The average molecular weight is 343 g/mol. The second kappa shape index (κ2) is 6.65. The minimum absolute atomic E-state index is 0.0486. The first-order valence-corrected chi connectivity index (χ1v) is 9.46. The maximum Gasteiger partial charge on any atom is 0.231 e. The topological polar surface area (TPSA) is 53.7 Å². The molecular weight excluding hydrogens is 322 g/mol. The fourth-order valence-electron chi connectivity index (χ4n) is 3.79. The Morgan fingerprint density at radius 3 is 3.04 bits per heavy atom. The van der Waals surface area contributed by atoms with E-state index in [0.717, 1.165) is 30.7 Å². The van der Waals surface area contributed by atoms with E-state index in [4.69, 9.17) is 4.42 Å². The zero-order valence-corrected chi connectivity index (χ0v) is 14.2. The van der Waals surface area contributed by atoms with E-state index in [1.165, 1.54) is 4.90 Å². The normalized spacial score (nSPS) is 24.1. The van der Waals surface area contributed by atoms with E-state index in [9.17, 15) is 9.90 Å². The minimum atomic E-state index is -0.649. The maximum absolute atomic E-state index is 13.1. The predicted molar refractivity (Wildman–Crippen MR) is 92.9 cm³/mol. The van der Waals surface area contributed by atoms with Gasteiger partial charge in [0, 0.05) is 29.7 Å². The van der Waals surface area contributed by atoms with Crippen molar-refractivity contribution in [2.75, 3.05) is 12.3 Å². The van der Waals surface area contributed by atoms with Crippen molar-refractivity contribution in [3.8, 4) is 0 Å². The number of amides is 1. The number of likely N-dealkylation sites (tertiary alicyclic amines) is 1. The molecule has 0 unspecified atom stereocenters. The summed E-state index contributed by atoms with van der Waals surface area (Å²) in [5, 5.41) is 10.4. The van der Waals surface area contributed by atoms with Gasteiger partial charge in [-0.2, -0.15) is 0 Å². The molecule has 0 saturated carbocycles. The van der Waals surface area contributed by atoms with Crippen molar-refractivity contribution >= 4 is 17.7 Å². The Bertz CT molecular complexity index is 715. The van der Waals surface area contributed by atoms with Crippen LogP contribution in [0.3, 0.4) is 0 Å². The van der Waals surface area contributed by atoms with Crippen LogP contribution in [0.15, 0.2) is 52.0 Å². The molecule has 1 aromatic heterocycles. The number of benzene rings is 1. The van der Waals surface area contributed by atoms with Gasteiger partial charge in [-0.15, -0.1) is 11.8 Å². The first-order chi connectivity index (χ1) is 11.7. The molecule has 24 heavy (non-hydrogen) atoms. The van der Waals surface area contributed by atoms with E-state index in [1.807, 2.05) is 17.0 Å². The molecule has 4 nitrogen and oxygen atoms in total. The third kappa shape index (κ3) is 2.87.